The van der Waals surface area contributed by atoms with Crippen molar-refractivity contribution in [3.05, 3.63) is 96.8 Å². The average Bonchev–Trinajstić information content (AvgIpc) is 2.74. The molecule has 0 amide bonds. The third-order valence-corrected chi connectivity index (χ3v) is 4.86. The first-order chi connectivity index (χ1) is 13.7. The molecular formula is C24H14F2N2. The van der Waals surface area contributed by atoms with Crippen molar-refractivity contribution in [2.24, 2.45) is 0 Å². The van der Waals surface area contributed by atoms with Crippen molar-refractivity contribution < 1.29 is 8.78 Å². The maximum atomic E-state index is 13.2. The van der Waals surface area contributed by atoms with Crippen LogP contribution in [0.3, 0.4) is 0 Å². The molecule has 0 radical (unpaired) electrons. The SMILES string of the molecule is Fc1ccc(-c2cnc3c(ccc4cc(-c5ccc(F)cc5)cnc43)c2)cc1. The summed E-state index contributed by atoms with van der Waals surface area (Å²) in [7, 11) is 0. The Morgan fingerprint density at radius 2 is 0.857 bits per heavy atom. The van der Waals surface area contributed by atoms with Gasteiger partial charge in [0.1, 0.15) is 11.6 Å². The highest BCUT2D eigenvalue weighted by atomic mass is 19.1. The summed E-state index contributed by atoms with van der Waals surface area (Å²) in [5.74, 6) is -0.519. The number of aromatic nitrogens is 2. The van der Waals surface area contributed by atoms with Crippen molar-refractivity contribution >= 4 is 21.8 Å². The Morgan fingerprint density at radius 1 is 0.464 bits per heavy atom. The van der Waals surface area contributed by atoms with Crippen LogP contribution in [0.2, 0.25) is 0 Å². The number of hydrogen-bond donors (Lipinski definition) is 0. The molecule has 5 rings (SSSR count). The topological polar surface area (TPSA) is 25.8 Å². The summed E-state index contributed by atoms with van der Waals surface area (Å²) in [6.07, 6.45) is 3.56. The molecule has 2 heterocycles. The van der Waals surface area contributed by atoms with Gasteiger partial charge < -0.3 is 0 Å². The highest BCUT2D eigenvalue weighted by molar-refractivity contribution is 6.04. The molecule has 0 aliphatic carbocycles. The van der Waals surface area contributed by atoms with Crippen LogP contribution in [0, 0.1) is 11.6 Å². The molecule has 4 heteroatoms. The first kappa shape index (κ1) is 16.5. The molecule has 0 saturated carbocycles. The zero-order chi connectivity index (χ0) is 19.1. The highest BCUT2D eigenvalue weighted by Crippen LogP contribution is 2.29. The van der Waals surface area contributed by atoms with Gasteiger partial charge in [-0.2, -0.15) is 0 Å². The van der Waals surface area contributed by atoms with Crippen LogP contribution in [-0.2, 0) is 0 Å². The van der Waals surface area contributed by atoms with E-state index >= 15 is 0 Å². The van der Waals surface area contributed by atoms with Crippen LogP contribution >= 0.6 is 0 Å². The van der Waals surface area contributed by atoms with E-state index in [2.05, 4.69) is 9.97 Å². The van der Waals surface area contributed by atoms with Crippen molar-refractivity contribution in [1.29, 1.82) is 0 Å². The van der Waals surface area contributed by atoms with Crippen LogP contribution in [0.15, 0.2) is 85.2 Å². The van der Waals surface area contributed by atoms with E-state index in [1.54, 1.807) is 36.7 Å². The first-order valence-corrected chi connectivity index (χ1v) is 8.88. The molecule has 0 aliphatic heterocycles. The van der Waals surface area contributed by atoms with Crippen LogP contribution in [-0.4, -0.2) is 9.97 Å². The van der Waals surface area contributed by atoms with Gasteiger partial charge in [-0.1, -0.05) is 36.4 Å². The fourth-order valence-corrected chi connectivity index (χ4v) is 3.39. The Hall–Kier alpha value is -3.66. The van der Waals surface area contributed by atoms with Crippen LogP contribution < -0.4 is 0 Å². The summed E-state index contributed by atoms with van der Waals surface area (Å²) in [5, 5.41) is 1.94. The summed E-state index contributed by atoms with van der Waals surface area (Å²) in [6.45, 7) is 0. The number of pyridine rings is 2. The predicted molar refractivity (Wildman–Crippen MR) is 108 cm³/mol. The quantitative estimate of drug-likeness (QED) is 0.337. The van der Waals surface area contributed by atoms with E-state index in [0.717, 1.165) is 44.1 Å². The van der Waals surface area contributed by atoms with Crippen molar-refractivity contribution in [2.45, 2.75) is 0 Å². The second-order valence-corrected chi connectivity index (χ2v) is 6.67. The molecule has 0 unspecified atom stereocenters. The summed E-state index contributed by atoms with van der Waals surface area (Å²) < 4.78 is 26.3. The summed E-state index contributed by atoms with van der Waals surface area (Å²) >= 11 is 0. The molecule has 134 valence electrons. The fourth-order valence-electron chi connectivity index (χ4n) is 3.39. The lowest BCUT2D eigenvalue weighted by atomic mass is 10.0. The third-order valence-electron chi connectivity index (χ3n) is 4.86. The smallest absolute Gasteiger partial charge is 0.123 e. The van der Waals surface area contributed by atoms with Gasteiger partial charge in [-0.05, 0) is 47.5 Å². The van der Waals surface area contributed by atoms with E-state index in [0.29, 0.717) is 0 Å². The molecule has 0 atom stereocenters. The second kappa shape index (κ2) is 6.50. The van der Waals surface area contributed by atoms with Crippen LogP contribution in [0.25, 0.3) is 44.1 Å². The lowest BCUT2D eigenvalue weighted by Crippen LogP contribution is -1.89. The standard InChI is InChI=1S/C24H14F2N2/c25-21-7-3-15(4-8-21)19-11-17-1-2-18-12-20(16-5-9-22(26)10-6-16)14-28-24(18)23(17)27-13-19/h1-14H. The summed E-state index contributed by atoms with van der Waals surface area (Å²) in [5.41, 5.74) is 5.30. The third kappa shape index (κ3) is 2.89. The van der Waals surface area contributed by atoms with Crippen molar-refractivity contribution in [3.8, 4) is 22.3 Å². The Labute approximate surface area is 160 Å². The minimum Gasteiger partial charge on any atom is -0.253 e. The molecule has 28 heavy (non-hydrogen) atoms. The summed E-state index contributed by atoms with van der Waals surface area (Å²) in [4.78, 5) is 9.23. The van der Waals surface area contributed by atoms with E-state index in [-0.39, 0.29) is 11.6 Å². The molecule has 5 aromatic rings. The van der Waals surface area contributed by atoms with Gasteiger partial charge in [0.05, 0.1) is 11.0 Å². The molecule has 2 aromatic heterocycles. The minimum absolute atomic E-state index is 0.260. The Balaban J connectivity index is 1.61. The summed E-state index contributed by atoms with van der Waals surface area (Å²) in [6, 6.07) is 20.8. The second-order valence-electron chi connectivity index (χ2n) is 6.67. The number of nitrogens with zero attached hydrogens (tertiary/aromatic N) is 2. The van der Waals surface area contributed by atoms with E-state index < -0.39 is 0 Å². The molecule has 0 saturated heterocycles. The van der Waals surface area contributed by atoms with E-state index in [1.807, 2.05) is 24.3 Å². The van der Waals surface area contributed by atoms with Crippen molar-refractivity contribution in [1.82, 2.24) is 9.97 Å². The fraction of sp³-hybridized carbons (Fsp3) is 0. The van der Waals surface area contributed by atoms with E-state index in [4.69, 9.17) is 0 Å². The predicted octanol–water partition coefficient (Wildman–Crippen LogP) is 6.40. The van der Waals surface area contributed by atoms with E-state index in [9.17, 15) is 8.78 Å². The van der Waals surface area contributed by atoms with Gasteiger partial charge in [0, 0.05) is 34.3 Å². The largest absolute Gasteiger partial charge is 0.253 e. The normalized spacial score (nSPS) is 11.2. The zero-order valence-electron chi connectivity index (χ0n) is 14.7. The number of hydrogen-bond acceptors (Lipinski definition) is 2. The van der Waals surface area contributed by atoms with Gasteiger partial charge in [-0.3, -0.25) is 9.97 Å². The van der Waals surface area contributed by atoms with Crippen LogP contribution in [0.4, 0.5) is 8.78 Å². The van der Waals surface area contributed by atoms with Crippen LogP contribution in [0.1, 0.15) is 0 Å². The molecule has 2 nitrogen and oxygen atoms in total. The molecule has 0 spiro atoms. The van der Waals surface area contributed by atoms with Gasteiger partial charge in [0.2, 0.25) is 0 Å². The lowest BCUT2D eigenvalue weighted by Gasteiger charge is -2.08. The van der Waals surface area contributed by atoms with Crippen molar-refractivity contribution in [3.63, 3.8) is 0 Å². The number of fused-ring (bicyclic) bond motifs is 3. The van der Waals surface area contributed by atoms with Gasteiger partial charge in [0.15, 0.2) is 0 Å². The zero-order valence-corrected chi connectivity index (χ0v) is 14.7. The Kier molecular flexibility index (Phi) is 3.83. The van der Waals surface area contributed by atoms with Gasteiger partial charge in [0.25, 0.3) is 0 Å². The van der Waals surface area contributed by atoms with E-state index in [1.165, 1.54) is 24.3 Å². The average molecular weight is 368 g/mol. The number of rotatable bonds is 2. The molecule has 0 aliphatic rings. The Bertz CT molecular complexity index is 1210. The molecular weight excluding hydrogens is 354 g/mol. The maximum Gasteiger partial charge on any atom is 0.123 e. The Morgan fingerprint density at radius 3 is 1.25 bits per heavy atom. The van der Waals surface area contributed by atoms with Crippen molar-refractivity contribution in [2.75, 3.05) is 0 Å². The monoisotopic (exact) mass is 368 g/mol. The van der Waals surface area contributed by atoms with Crippen LogP contribution in [0.5, 0.6) is 0 Å². The molecule has 3 aromatic carbocycles. The minimum atomic E-state index is -0.260. The van der Waals surface area contributed by atoms with Gasteiger partial charge >= 0.3 is 0 Å². The lowest BCUT2D eigenvalue weighted by molar-refractivity contribution is 0.627. The first-order valence-electron chi connectivity index (χ1n) is 8.88. The maximum absolute atomic E-state index is 13.2. The number of benzene rings is 3. The molecule has 0 bridgehead atoms. The van der Waals surface area contributed by atoms with Gasteiger partial charge in [-0.15, -0.1) is 0 Å². The number of halogens is 2. The highest BCUT2D eigenvalue weighted by Gasteiger charge is 2.08. The van der Waals surface area contributed by atoms with Gasteiger partial charge in [-0.25, -0.2) is 8.78 Å². The molecule has 0 fully saturated rings. The molecule has 0 N–H and O–H groups in total.